The van der Waals surface area contributed by atoms with Gasteiger partial charge in [-0.3, -0.25) is 28.4 Å². The predicted octanol–water partition coefficient (Wildman–Crippen LogP) is 1.06. The van der Waals surface area contributed by atoms with E-state index in [1.807, 2.05) is 37.3 Å². The molecule has 3 N–H and O–H groups in total. The maximum atomic E-state index is 12.1. The number of unbranched alkanes of at least 4 members (excludes halogenated alkanes) is 1. The van der Waals surface area contributed by atoms with Gasteiger partial charge in [0, 0.05) is 41.7 Å². The molecule has 1 aromatic rings. The molecule has 0 bridgehead atoms. The second-order valence-electron chi connectivity index (χ2n) is 7.89. The first kappa shape index (κ1) is 30.5. The monoisotopic (exact) mass is 514 g/mol. The van der Waals surface area contributed by atoms with Crippen LogP contribution in [0.1, 0.15) is 38.7 Å². The van der Waals surface area contributed by atoms with E-state index < -0.39 is 28.7 Å². The number of ketones is 1. The molecule has 0 saturated heterocycles. The molecular weight excluding hydrogens is 480 g/mol. The van der Waals surface area contributed by atoms with Gasteiger partial charge in [0.15, 0.2) is 5.78 Å². The summed E-state index contributed by atoms with van der Waals surface area (Å²) in [7, 11) is -0.997. The van der Waals surface area contributed by atoms with E-state index in [9.17, 15) is 23.4 Å². The molecule has 3 amide bonds. The molecule has 9 nitrogen and oxygen atoms in total. The summed E-state index contributed by atoms with van der Waals surface area (Å²) in [4.78, 5) is 51.9. The first-order valence-corrected chi connectivity index (χ1v) is 13.3. The Bertz CT molecular complexity index is 1040. The molecule has 1 rings (SSSR count). The van der Waals surface area contributed by atoms with E-state index in [4.69, 9.17) is 0 Å². The normalized spacial score (nSPS) is 12.7. The summed E-state index contributed by atoms with van der Waals surface area (Å²) in [5, 5.41) is 7.55. The zero-order valence-corrected chi connectivity index (χ0v) is 21.8. The number of aliphatic imine (C=N–C) groups is 1. The summed E-state index contributed by atoms with van der Waals surface area (Å²) in [6, 6.07) is 8.63. The number of Topliss-reactive ketones (excluding diaryl/α,β-unsaturated/α-hetero) is 1. The maximum Gasteiger partial charge on any atom is 0.239 e. The minimum atomic E-state index is -0.997. The van der Waals surface area contributed by atoms with Crippen LogP contribution in [0.25, 0.3) is 0 Å². The number of hydrogen-bond donors (Lipinski definition) is 3. The van der Waals surface area contributed by atoms with Crippen LogP contribution in [0, 0.1) is 11.8 Å². The van der Waals surface area contributed by atoms with Gasteiger partial charge in [0.25, 0.3) is 0 Å². The van der Waals surface area contributed by atoms with Gasteiger partial charge in [0.2, 0.25) is 17.7 Å². The molecule has 0 saturated carbocycles. The number of nitrogens with zero attached hydrogens (tertiary/aromatic N) is 1. The van der Waals surface area contributed by atoms with Gasteiger partial charge in [-0.05, 0) is 32.3 Å². The Hall–Kier alpha value is -3.58. The summed E-state index contributed by atoms with van der Waals surface area (Å²) >= 11 is 0. The summed E-state index contributed by atoms with van der Waals surface area (Å²) in [6.07, 6.45) is 6.52. The van der Waals surface area contributed by atoms with Gasteiger partial charge < -0.3 is 16.0 Å². The lowest BCUT2D eigenvalue weighted by Crippen LogP contribution is -2.47. The molecule has 10 heteroatoms. The summed E-state index contributed by atoms with van der Waals surface area (Å²) < 4.78 is 11.0. The van der Waals surface area contributed by atoms with Crippen LogP contribution < -0.4 is 16.0 Å². The average Bonchev–Trinajstić information content (AvgIpc) is 2.84. The number of rotatable bonds is 14. The molecule has 1 aromatic carbocycles. The predicted molar refractivity (Wildman–Crippen MR) is 142 cm³/mol. The van der Waals surface area contributed by atoms with E-state index in [1.165, 1.54) is 6.92 Å². The van der Waals surface area contributed by atoms with Gasteiger partial charge in [0.05, 0.1) is 19.1 Å². The zero-order chi connectivity index (χ0) is 26.8. The molecule has 2 atom stereocenters. The maximum absolute atomic E-state index is 12.1. The third-order valence-corrected chi connectivity index (χ3v) is 5.25. The number of nitrogens with one attached hydrogen (secondary N) is 3. The number of benzene rings is 1. The van der Waals surface area contributed by atoms with Crippen molar-refractivity contribution in [3.63, 3.8) is 0 Å². The van der Waals surface area contributed by atoms with E-state index in [0.717, 1.165) is 5.56 Å². The highest BCUT2D eigenvalue weighted by Crippen LogP contribution is 2.04. The molecule has 36 heavy (non-hydrogen) atoms. The van der Waals surface area contributed by atoms with Gasteiger partial charge in [-0.1, -0.05) is 48.2 Å². The van der Waals surface area contributed by atoms with Crippen molar-refractivity contribution in [3.8, 4) is 11.8 Å². The van der Waals surface area contributed by atoms with Crippen molar-refractivity contribution in [1.29, 1.82) is 0 Å². The van der Waals surface area contributed by atoms with Crippen molar-refractivity contribution in [2.45, 2.75) is 45.6 Å². The highest BCUT2D eigenvalue weighted by molar-refractivity contribution is 7.84. The van der Waals surface area contributed by atoms with Gasteiger partial charge >= 0.3 is 0 Å². The fourth-order valence-electron chi connectivity index (χ4n) is 2.82. The van der Waals surface area contributed by atoms with E-state index in [0.29, 0.717) is 24.8 Å². The number of carbonyl (C=O) groups excluding carboxylic acids is 4. The van der Waals surface area contributed by atoms with Crippen molar-refractivity contribution in [3.05, 3.63) is 47.5 Å². The smallest absolute Gasteiger partial charge is 0.239 e. The molecule has 0 aliphatic heterocycles. The zero-order valence-electron chi connectivity index (χ0n) is 21.0. The molecule has 0 aliphatic rings. The first-order valence-electron chi connectivity index (χ1n) is 11.5. The molecule has 0 aliphatic carbocycles. The highest BCUT2D eigenvalue weighted by atomic mass is 32.2. The third-order valence-electron chi connectivity index (χ3n) is 4.74. The summed E-state index contributed by atoms with van der Waals surface area (Å²) in [5.41, 5.74) is 1.62. The average molecular weight is 515 g/mol. The lowest BCUT2D eigenvalue weighted by Gasteiger charge is -2.16. The fourth-order valence-corrected chi connectivity index (χ4v) is 3.11. The number of carbonyl (C=O) groups is 4. The Morgan fingerprint density at radius 2 is 1.72 bits per heavy atom. The SMILES string of the molecule is C/C=C(/C#CCCCC(=O)NCC(=O)NCC(=O)N[C@@H](Cc1ccccc1)C(C)=O)C=NCS(C)=O. The molecule has 0 heterocycles. The quantitative estimate of drug-likeness (QED) is 0.194. The van der Waals surface area contributed by atoms with E-state index in [-0.39, 0.29) is 37.1 Å². The molecule has 194 valence electrons. The van der Waals surface area contributed by atoms with E-state index in [2.05, 4.69) is 32.8 Å². The van der Waals surface area contributed by atoms with Crippen LogP contribution in [0.15, 0.2) is 47.0 Å². The molecule has 0 fully saturated rings. The summed E-state index contributed by atoms with van der Waals surface area (Å²) in [6.45, 7) is 2.68. The third kappa shape index (κ3) is 14.6. The topological polar surface area (TPSA) is 134 Å². The summed E-state index contributed by atoms with van der Waals surface area (Å²) in [5.74, 6) is 4.64. The van der Waals surface area contributed by atoms with Gasteiger partial charge in [-0.25, -0.2) is 0 Å². The Kier molecular flexibility index (Phi) is 15.1. The largest absolute Gasteiger partial charge is 0.347 e. The van der Waals surface area contributed by atoms with Gasteiger partial charge in [-0.2, -0.15) is 0 Å². The van der Waals surface area contributed by atoms with Crippen LogP contribution in [0.2, 0.25) is 0 Å². The van der Waals surface area contributed by atoms with Crippen molar-refractivity contribution in [2.24, 2.45) is 4.99 Å². The minimum absolute atomic E-state index is 0.181. The Morgan fingerprint density at radius 3 is 2.36 bits per heavy atom. The fraction of sp³-hybridized carbons (Fsp3) is 0.423. The number of allylic oxidation sites excluding steroid dienone is 2. The van der Waals surface area contributed by atoms with Crippen molar-refractivity contribution in [2.75, 3.05) is 25.2 Å². The van der Waals surface area contributed by atoms with Crippen LogP contribution >= 0.6 is 0 Å². The molecule has 0 radical (unpaired) electrons. The van der Waals surface area contributed by atoms with Crippen LogP contribution in [0.3, 0.4) is 0 Å². The molecule has 1 unspecified atom stereocenters. The Morgan fingerprint density at radius 1 is 1.06 bits per heavy atom. The van der Waals surface area contributed by atoms with Crippen LogP contribution in [0.5, 0.6) is 0 Å². The van der Waals surface area contributed by atoms with Crippen LogP contribution in [-0.4, -0.2) is 65.2 Å². The minimum Gasteiger partial charge on any atom is -0.347 e. The van der Waals surface area contributed by atoms with Crippen molar-refractivity contribution in [1.82, 2.24) is 16.0 Å². The Labute approximate surface area is 215 Å². The van der Waals surface area contributed by atoms with Crippen LogP contribution in [0.4, 0.5) is 0 Å². The lowest BCUT2D eigenvalue weighted by atomic mass is 10.0. The van der Waals surface area contributed by atoms with Gasteiger partial charge in [0.1, 0.15) is 5.88 Å². The second-order valence-corrected chi connectivity index (χ2v) is 9.29. The first-order chi connectivity index (χ1) is 17.2. The number of amides is 3. The Balaban J connectivity index is 2.28. The highest BCUT2D eigenvalue weighted by Gasteiger charge is 2.18. The molecule has 0 aromatic heterocycles. The van der Waals surface area contributed by atoms with E-state index >= 15 is 0 Å². The standard InChI is InChI=1S/C26H34N4O5S/c1-4-21(16-27-19-36(3)35)11-7-6-10-14-24(32)28-17-25(33)29-18-26(34)30-23(20(2)31)15-22-12-8-5-9-13-22/h4-5,8-9,12-13,16,23H,6,10,14-15,17-19H2,1-3H3,(H,28,32)(H,29,33)(H,30,34)/b21-4-,27-16?/t23-,36?/m0/s1. The second kappa shape index (κ2) is 17.8. The molecular formula is C26H34N4O5S. The number of hydrogen-bond acceptors (Lipinski definition) is 6. The van der Waals surface area contributed by atoms with Gasteiger partial charge in [-0.15, -0.1) is 0 Å². The van der Waals surface area contributed by atoms with Crippen molar-refractivity contribution < 1.29 is 23.4 Å². The molecule has 0 spiro atoms. The lowest BCUT2D eigenvalue weighted by molar-refractivity contribution is -0.129. The van der Waals surface area contributed by atoms with Crippen molar-refractivity contribution >= 4 is 40.5 Å². The van der Waals surface area contributed by atoms with Crippen LogP contribution in [-0.2, 0) is 36.4 Å². The van der Waals surface area contributed by atoms with E-state index in [1.54, 1.807) is 18.5 Å².